The maximum absolute atomic E-state index is 14.3. The number of aliphatic hydroxyl groups is 2. The minimum atomic E-state index is -1.33. The molecule has 2 aliphatic carbocycles. The number of carbonyl (C=O) groups excluding carboxylic acids is 1. The Morgan fingerprint density at radius 3 is 2.40 bits per heavy atom. The Morgan fingerprint density at radius 2 is 1.75 bits per heavy atom. The van der Waals surface area contributed by atoms with Crippen LogP contribution in [0.5, 0.6) is 17.2 Å². The van der Waals surface area contributed by atoms with E-state index < -0.39 is 23.8 Å². The van der Waals surface area contributed by atoms with E-state index in [-0.39, 0.29) is 49.6 Å². The van der Waals surface area contributed by atoms with Gasteiger partial charge in [-0.25, -0.2) is 4.79 Å². The van der Waals surface area contributed by atoms with Gasteiger partial charge in [-0.2, -0.15) is 0 Å². The monoisotopic (exact) mass is 760 g/mol. The number of hydrogen-bond donors (Lipinski definition) is 2. The molecule has 10 heteroatoms. The molecule has 1 saturated carbocycles. The first-order valence-corrected chi connectivity index (χ1v) is 20.2. The molecule has 1 fully saturated rings. The topological polar surface area (TPSA) is 119 Å². The van der Waals surface area contributed by atoms with E-state index in [1.54, 1.807) is 18.1 Å². The molecule has 0 bridgehead atoms. The van der Waals surface area contributed by atoms with E-state index in [0.717, 1.165) is 53.8 Å². The third kappa shape index (κ3) is 9.58. The number of amides is 1. The SMILES string of the molecule is C=CCO[C@@]12Oc3ccc(Oc4ccc(C)c(C)c4)cc3[C@H]3[C@H](CCCCO)[C@@H](CCCCO)C=C(C(=NOC)C[C@@H]1N(CCC)C(=O)OCC(C)(C)C)[C@H]32. The van der Waals surface area contributed by atoms with Crippen molar-refractivity contribution in [1.29, 1.82) is 0 Å². The van der Waals surface area contributed by atoms with Gasteiger partial charge in [0.15, 0.2) is 0 Å². The molecule has 0 unspecified atom stereocenters. The molecular formula is C45H64N2O8. The van der Waals surface area contributed by atoms with Crippen LogP contribution in [-0.2, 0) is 14.3 Å². The number of unbranched alkanes of at least 4 members (excludes halogenated alkanes) is 2. The largest absolute Gasteiger partial charge is 0.459 e. The maximum atomic E-state index is 14.3. The van der Waals surface area contributed by atoms with E-state index in [4.69, 9.17) is 23.8 Å². The summed E-state index contributed by atoms with van der Waals surface area (Å²) < 4.78 is 26.8. The fourth-order valence-corrected chi connectivity index (χ4v) is 8.71. The van der Waals surface area contributed by atoms with Crippen molar-refractivity contribution in [3.05, 3.63) is 77.4 Å². The summed E-state index contributed by atoms with van der Waals surface area (Å²) in [6.07, 6.45) is 9.48. The van der Waals surface area contributed by atoms with Gasteiger partial charge in [-0.1, -0.05) is 63.9 Å². The molecular weight excluding hydrogens is 697 g/mol. The highest BCUT2D eigenvalue weighted by molar-refractivity contribution is 6.02. The van der Waals surface area contributed by atoms with Crippen molar-refractivity contribution in [2.45, 2.75) is 111 Å². The molecule has 2 aromatic carbocycles. The van der Waals surface area contributed by atoms with Gasteiger partial charge in [0.1, 0.15) is 30.4 Å². The number of rotatable bonds is 18. The number of allylic oxidation sites excluding steroid dienone is 1. The second kappa shape index (κ2) is 18.9. The van der Waals surface area contributed by atoms with Crippen LogP contribution in [0, 0.1) is 37.0 Å². The van der Waals surface area contributed by atoms with Gasteiger partial charge in [0.2, 0.25) is 5.79 Å². The van der Waals surface area contributed by atoms with E-state index in [0.29, 0.717) is 43.7 Å². The highest BCUT2D eigenvalue weighted by atomic mass is 16.7. The van der Waals surface area contributed by atoms with Crippen molar-refractivity contribution in [2.24, 2.45) is 28.3 Å². The molecule has 2 N–H and O–H groups in total. The summed E-state index contributed by atoms with van der Waals surface area (Å²) in [4.78, 5) is 21.6. The lowest BCUT2D eigenvalue weighted by Crippen LogP contribution is -2.70. The average Bonchev–Trinajstić information content (AvgIpc) is 3.15. The summed E-state index contributed by atoms with van der Waals surface area (Å²) in [6, 6.07) is 11.5. The van der Waals surface area contributed by atoms with Gasteiger partial charge >= 0.3 is 6.09 Å². The van der Waals surface area contributed by atoms with E-state index >= 15 is 0 Å². The quantitative estimate of drug-likeness (QED) is 0.0877. The molecule has 2 aromatic rings. The minimum Gasteiger partial charge on any atom is -0.459 e. The van der Waals surface area contributed by atoms with Crippen molar-refractivity contribution in [1.82, 2.24) is 4.90 Å². The Kier molecular flexibility index (Phi) is 14.5. The Bertz CT molecular complexity index is 1680. The fraction of sp³-hybridized carbons (Fsp3) is 0.600. The number of nitrogens with zero attached hydrogens (tertiary/aromatic N) is 2. The summed E-state index contributed by atoms with van der Waals surface area (Å²) in [5, 5.41) is 24.4. The summed E-state index contributed by atoms with van der Waals surface area (Å²) in [5.74, 6) is 0.505. The van der Waals surface area contributed by atoms with Gasteiger partial charge in [0.25, 0.3) is 0 Å². The Labute approximate surface area is 328 Å². The van der Waals surface area contributed by atoms with Crippen molar-refractivity contribution in [3.63, 3.8) is 0 Å². The van der Waals surface area contributed by atoms with Gasteiger partial charge < -0.3 is 34.0 Å². The van der Waals surface area contributed by atoms with Gasteiger partial charge in [0, 0.05) is 37.7 Å². The summed E-state index contributed by atoms with van der Waals surface area (Å²) in [6.45, 7) is 17.5. The number of oxime groups is 1. The van der Waals surface area contributed by atoms with Gasteiger partial charge in [-0.05, 0) is 110 Å². The van der Waals surface area contributed by atoms with Crippen LogP contribution < -0.4 is 9.47 Å². The summed E-state index contributed by atoms with van der Waals surface area (Å²) in [7, 11) is 1.56. The number of aryl methyl sites for hydroxylation is 2. The zero-order chi connectivity index (χ0) is 39.8. The lowest BCUT2D eigenvalue weighted by molar-refractivity contribution is -0.255. The molecule has 0 spiro atoms. The normalized spacial score (nSPS) is 24.9. The van der Waals surface area contributed by atoms with Crippen LogP contribution in [0.4, 0.5) is 4.79 Å². The fourth-order valence-electron chi connectivity index (χ4n) is 8.71. The van der Waals surface area contributed by atoms with E-state index in [1.807, 2.05) is 45.9 Å². The molecule has 0 saturated heterocycles. The first-order valence-electron chi connectivity index (χ1n) is 20.2. The average molecular weight is 761 g/mol. The van der Waals surface area contributed by atoms with Gasteiger partial charge in [-0.15, -0.1) is 6.58 Å². The zero-order valence-corrected chi connectivity index (χ0v) is 34.1. The molecule has 302 valence electrons. The third-order valence-electron chi connectivity index (χ3n) is 11.3. The van der Waals surface area contributed by atoms with Crippen LogP contribution in [0.2, 0.25) is 0 Å². The summed E-state index contributed by atoms with van der Waals surface area (Å²) >= 11 is 0. The van der Waals surface area contributed by atoms with Crippen LogP contribution >= 0.6 is 0 Å². The van der Waals surface area contributed by atoms with Crippen LogP contribution in [-0.4, -0.2) is 78.8 Å². The van der Waals surface area contributed by atoms with E-state index in [1.165, 1.54) is 5.56 Å². The molecule has 6 atom stereocenters. The van der Waals surface area contributed by atoms with Crippen LogP contribution in [0.3, 0.4) is 0 Å². The number of benzene rings is 2. The van der Waals surface area contributed by atoms with Crippen LogP contribution in [0.25, 0.3) is 0 Å². The van der Waals surface area contributed by atoms with Crippen molar-refractivity contribution >= 4 is 11.8 Å². The predicted molar refractivity (Wildman–Crippen MR) is 216 cm³/mol. The first-order chi connectivity index (χ1) is 26.4. The van der Waals surface area contributed by atoms with Crippen molar-refractivity contribution < 1.29 is 38.8 Å². The molecule has 1 heterocycles. The van der Waals surface area contributed by atoms with Crippen LogP contribution in [0.1, 0.15) is 102 Å². The van der Waals surface area contributed by atoms with E-state index in [2.05, 4.69) is 49.9 Å². The Hall–Kier alpha value is -3.86. The molecule has 0 radical (unpaired) electrons. The molecule has 1 amide bonds. The predicted octanol–water partition coefficient (Wildman–Crippen LogP) is 9.25. The molecule has 55 heavy (non-hydrogen) atoms. The van der Waals surface area contributed by atoms with Gasteiger partial charge in [0.05, 0.1) is 24.8 Å². The van der Waals surface area contributed by atoms with Crippen molar-refractivity contribution in [2.75, 3.05) is 40.1 Å². The standard InChI is InChI=1S/C45H64N2O8/c1-9-21-47(43(50)52-29-44(5,6)7)40-28-38(46-51-8)36-26-32(15-11-13-22-48)35(16-12-14-23-49)41-37-27-34(54-33-18-17-30(3)31(4)25-33)19-20-39(37)55-45(40,42(36)41)53-24-10-2/h10,17-20,25-27,32,35,40-42,48-49H,2,9,11-16,21-24,28-29H2,1,3-8H3/t32-,35+,40-,41+,42+,45+/m0/s1. The smallest absolute Gasteiger partial charge is 0.410 e. The summed E-state index contributed by atoms with van der Waals surface area (Å²) in [5.41, 5.74) is 4.86. The first kappa shape index (κ1) is 42.3. The number of aliphatic hydroxyl groups excluding tert-OH is 2. The lowest BCUT2D eigenvalue weighted by Gasteiger charge is -2.60. The zero-order valence-electron chi connectivity index (χ0n) is 34.1. The number of fused-ring (bicyclic) bond motifs is 2. The molecule has 10 nitrogen and oxygen atoms in total. The second-order valence-electron chi connectivity index (χ2n) is 16.6. The number of hydrogen-bond acceptors (Lipinski definition) is 9. The highest BCUT2D eigenvalue weighted by Crippen LogP contribution is 2.62. The number of ether oxygens (including phenoxy) is 4. The third-order valence-corrected chi connectivity index (χ3v) is 11.3. The Balaban J connectivity index is 1.75. The van der Waals surface area contributed by atoms with E-state index in [9.17, 15) is 15.0 Å². The molecule has 3 aliphatic rings. The van der Waals surface area contributed by atoms with Crippen LogP contribution in [0.15, 0.2) is 65.9 Å². The highest BCUT2D eigenvalue weighted by Gasteiger charge is 2.65. The second-order valence-corrected chi connectivity index (χ2v) is 16.6. The van der Waals surface area contributed by atoms with Crippen molar-refractivity contribution in [3.8, 4) is 17.2 Å². The molecule has 1 aliphatic heterocycles. The maximum Gasteiger partial charge on any atom is 0.410 e. The van der Waals surface area contributed by atoms with Gasteiger partial charge in [-0.3, -0.25) is 4.90 Å². The minimum absolute atomic E-state index is 0.111. The lowest BCUT2D eigenvalue weighted by atomic mass is 9.55. The molecule has 0 aromatic heterocycles. The number of carbonyl (C=O) groups is 1. The molecule has 5 rings (SSSR count). The Morgan fingerprint density at radius 1 is 1.04 bits per heavy atom.